The Morgan fingerprint density at radius 3 is 2.74 bits per heavy atom. The lowest BCUT2D eigenvalue weighted by Crippen LogP contribution is -2.27. The molecular formula is C14H21NO4. The van der Waals surface area contributed by atoms with Crippen molar-refractivity contribution in [1.82, 2.24) is 0 Å². The van der Waals surface area contributed by atoms with Crippen LogP contribution in [0.2, 0.25) is 0 Å². The molecule has 0 aliphatic rings. The van der Waals surface area contributed by atoms with Crippen LogP contribution in [0.3, 0.4) is 0 Å². The predicted molar refractivity (Wildman–Crippen MR) is 72.7 cm³/mol. The first-order valence-corrected chi connectivity index (χ1v) is 6.39. The van der Waals surface area contributed by atoms with Gasteiger partial charge in [-0.05, 0) is 31.0 Å². The highest BCUT2D eigenvalue weighted by molar-refractivity contribution is 5.73. The number of carbonyl (C=O) groups is 1. The van der Waals surface area contributed by atoms with Gasteiger partial charge in [0.15, 0.2) is 17.6 Å². The molecule has 106 valence electrons. The minimum atomic E-state index is -0.966. The van der Waals surface area contributed by atoms with Crippen molar-refractivity contribution in [1.29, 1.82) is 0 Å². The van der Waals surface area contributed by atoms with Crippen molar-refractivity contribution in [3.8, 4) is 11.5 Å². The van der Waals surface area contributed by atoms with Gasteiger partial charge >= 0.3 is 5.97 Å². The molecule has 3 N–H and O–H groups in total. The van der Waals surface area contributed by atoms with Crippen molar-refractivity contribution in [2.45, 2.75) is 32.3 Å². The molecule has 1 aromatic rings. The van der Waals surface area contributed by atoms with Gasteiger partial charge in [-0.3, -0.25) is 0 Å². The van der Waals surface area contributed by atoms with Gasteiger partial charge in [0.25, 0.3) is 0 Å². The smallest absolute Gasteiger partial charge is 0.344 e. The van der Waals surface area contributed by atoms with E-state index in [4.69, 9.17) is 20.3 Å². The second kappa shape index (κ2) is 7.63. The summed E-state index contributed by atoms with van der Waals surface area (Å²) < 4.78 is 10.9. The third-order valence-electron chi connectivity index (χ3n) is 2.78. The van der Waals surface area contributed by atoms with E-state index in [0.29, 0.717) is 30.9 Å². The van der Waals surface area contributed by atoms with E-state index in [2.05, 4.69) is 0 Å². The first kappa shape index (κ1) is 15.3. The van der Waals surface area contributed by atoms with Crippen LogP contribution in [-0.4, -0.2) is 30.8 Å². The van der Waals surface area contributed by atoms with E-state index in [1.807, 2.05) is 19.1 Å². The van der Waals surface area contributed by atoms with Crippen LogP contribution >= 0.6 is 0 Å². The average Bonchev–Trinajstić information content (AvgIpc) is 2.39. The van der Waals surface area contributed by atoms with Crippen molar-refractivity contribution in [2.75, 3.05) is 13.7 Å². The molecule has 0 saturated heterocycles. The van der Waals surface area contributed by atoms with Crippen molar-refractivity contribution in [2.24, 2.45) is 5.73 Å². The Morgan fingerprint density at radius 2 is 2.21 bits per heavy atom. The van der Waals surface area contributed by atoms with Crippen molar-refractivity contribution in [3.05, 3.63) is 23.8 Å². The minimum Gasteiger partial charge on any atom is -0.493 e. The van der Waals surface area contributed by atoms with E-state index in [9.17, 15) is 4.79 Å². The lowest BCUT2D eigenvalue weighted by molar-refractivity contribution is -0.145. The van der Waals surface area contributed by atoms with Crippen LogP contribution in [0.4, 0.5) is 0 Å². The van der Waals surface area contributed by atoms with Gasteiger partial charge in [0.1, 0.15) is 0 Å². The Labute approximate surface area is 113 Å². The molecule has 0 amide bonds. The van der Waals surface area contributed by atoms with E-state index in [-0.39, 0.29) is 0 Å². The molecule has 1 atom stereocenters. The van der Waals surface area contributed by atoms with Crippen LogP contribution in [0.15, 0.2) is 18.2 Å². The number of carboxylic acid groups (broad SMARTS) is 1. The van der Waals surface area contributed by atoms with E-state index in [1.165, 1.54) is 7.11 Å². The number of carboxylic acids is 1. The lowest BCUT2D eigenvalue weighted by atomic mass is 10.1. The van der Waals surface area contributed by atoms with Gasteiger partial charge in [-0.25, -0.2) is 4.79 Å². The van der Waals surface area contributed by atoms with E-state index in [1.54, 1.807) is 6.07 Å². The number of methoxy groups -OCH3 is 1. The van der Waals surface area contributed by atoms with Crippen LogP contribution in [0.1, 0.15) is 25.3 Å². The summed E-state index contributed by atoms with van der Waals surface area (Å²) in [5.74, 6) is 0.0519. The monoisotopic (exact) mass is 267 g/mol. The number of para-hydroxylation sites is 1. The minimum absolute atomic E-state index is 0.454. The fraction of sp³-hybridized carbons (Fsp3) is 0.500. The van der Waals surface area contributed by atoms with Crippen molar-refractivity contribution < 1.29 is 19.4 Å². The number of hydrogen-bond acceptors (Lipinski definition) is 4. The molecule has 0 aliphatic carbocycles. The topological polar surface area (TPSA) is 81.8 Å². The number of hydrogen-bond donors (Lipinski definition) is 2. The molecule has 5 nitrogen and oxygen atoms in total. The highest BCUT2D eigenvalue weighted by Gasteiger charge is 2.21. The molecule has 0 heterocycles. The van der Waals surface area contributed by atoms with Crippen LogP contribution in [-0.2, 0) is 11.2 Å². The summed E-state index contributed by atoms with van der Waals surface area (Å²) in [6, 6.07) is 5.46. The zero-order valence-corrected chi connectivity index (χ0v) is 11.4. The average molecular weight is 267 g/mol. The largest absolute Gasteiger partial charge is 0.493 e. The Bertz CT molecular complexity index is 420. The van der Waals surface area contributed by atoms with Crippen molar-refractivity contribution in [3.63, 3.8) is 0 Å². The second-order valence-corrected chi connectivity index (χ2v) is 4.22. The van der Waals surface area contributed by atoms with Gasteiger partial charge < -0.3 is 20.3 Å². The van der Waals surface area contributed by atoms with Gasteiger partial charge in [0.05, 0.1) is 7.11 Å². The van der Waals surface area contributed by atoms with Crippen LogP contribution in [0, 0.1) is 0 Å². The SMILES string of the molecule is CCCC(Oc1c(CCN)cccc1OC)C(=O)O. The summed E-state index contributed by atoms with van der Waals surface area (Å²) in [5.41, 5.74) is 6.42. The van der Waals surface area contributed by atoms with Gasteiger partial charge in [-0.1, -0.05) is 25.5 Å². The fourth-order valence-corrected chi connectivity index (χ4v) is 1.85. The lowest BCUT2D eigenvalue weighted by Gasteiger charge is -2.19. The third-order valence-corrected chi connectivity index (χ3v) is 2.78. The summed E-state index contributed by atoms with van der Waals surface area (Å²) in [5, 5.41) is 9.16. The third kappa shape index (κ3) is 4.13. The summed E-state index contributed by atoms with van der Waals surface area (Å²) in [7, 11) is 1.53. The highest BCUT2D eigenvalue weighted by atomic mass is 16.5. The number of nitrogens with two attached hydrogens (primary N) is 1. The maximum atomic E-state index is 11.2. The fourth-order valence-electron chi connectivity index (χ4n) is 1.85. The molecule has 0 aliphatic heterocycles. The molecule has 19 heavy (non-hydrogen) atoms. The second-order valence-electron chi connectivity index (χ2n) is 4.22. The summed E-state index contributed by atoms with van der Waals surface area (Å²) in [6.07, 6.45) is 0.941. The molecule has 0 saturated carbocycles. The van der Waals surface area contributed by atoms with Crippen LogP contribution in [0.5, 0.6) is 11.5 Å². The molecule has 5 heteroatoms. The van der Waals surface area contributed by atoms with E-state index in [0.717, 1.165) is 12.0 Å². The summed E-state index contributed by atoms with van der Waals surface area (Å²) in [4.78, 5) is 11.2. The Hall–Kier alpha value is -1.75. The number of aliphatic carboxylic acids is 1. The number of ether oxygens (including phenoxy) is 2. The normalized spacial score (nSPS) is 11.9. The molecule has 1 rings (SSSR count). The van der Waals surface area contributed by atoms with Gasteiger partial charge in [-0.2, -0.15) is 0 Å². The van der Waals surface area contributed by atoms with Gasteiger partial charge in [0, 0.05) is 0 Å². The highest BCUT2D eigenvalue weighted by Crippen LogP contribution is 2.32. The zero-order valence-electron chi connectivity index (χ0n) is 11.4. The molecule has 0 fully saturated rings. The van der Waals surface area contributed by atoms with Gasteiger partial charge in [-0.15, -0.1) is 0 Å². The van der Waals surface area contributed by atoms with Crippen molar-refractivity contribution >= 4 is 5.97 Å². The zero-order chi connectivity index (χ0) is 14.3. The standard InChI is InChI=1S/C14H21NO4/c1-3-5-12(14(16)17)19-13-10(8-9-15)6-4-7-11(13)18-2/h4,6-7,12H,3,5,8-9,15H2,1-2H3,(H,16,17). The molecule has 0 bridgehead atoms. The molecule has 0 radical (unpaired) electrons. The summed E-state index contributed by atoms with van der Waals surface area (Å²) in [6.45, 7) is 2.39. The van der Waals surface area contributed by atoms with Crippen LogP contribution < -0.4 is 15.2 Å². The molecular weight excluding hydrogens is 246 g/mol. The quantitative estimate of drug-likeness (QED) is 0.751. The van der Waals surface area contributed by atoms with E-state index >= 15 is 0 Å². The Kier molecular flexibility index (Phi) is 6.15. The maximum Gasteiger partial charge on any atom is 0.344 e. The Balaban J connectivity index is 3.04. The van der Waals surface area contributed by atoms with Gasteiger partial charge in [0.2, 0.25) is 0 Å². The van der Waals surface area contributed by atoms with E-state index < -0.39 is 12.1 Å². The molecule has 0 aromatic heterocycles. The first-order chi connectivity index (χ1) is 9.13. The molecule has 1 unspecified atom stereocenters. The predicted octanol–water partition coefficient (Wildman–Crippen LogP) is 1.83. The molecule has 1 aromatic carbocycles. The first-order valence-electron chi connectivity index (χ1n) is 6.39. The maximum absolute atomic E-state index is 11.2. The Morgan fingerprint density at radius 1 is 1.47 bits per heavy atom. The summed E-state index contributed by atoms with van der Waals surface area (Å²) >= 11 is 0. The van der Waals surface area contributed by atoms with Crippen LogP contribution in [0.25, 0.3) is 0 Å². The molecule has 0 spiro atoms. The number of rotatable bonds is 8. The number of benzene rings is 1.